The van der Waals surface area contributed by atoms with Crippen LogP contribution in [-0.4, -0.2) is 32.0 Å². The van der Waals surface area contributed by atoms with Gasteiger partial charge in [0, 0.05) is 19.4 Å². The molecule has 7 nitrogen and oxygen atoms in total. The molecule has 0 fully saturated rings. The quantitative estimate of drug-likeness (QED) is 0.797. The van der Waals surface area contributed by atoms with Crippen molar-refractivity contribution in [1.82, 2.24) is 9.71 Å². The summed E-state index contributed by atoms with van der Waals surface area (Å²) < 4.78 is 33.1. The first-order valence-electron chi connectivity index (χ1n) is 7.84. The molecular formula is C16H19N3O4S2. The predicted octanol–water partition coefficient (Wildman–Crippen LogP) is 1.95. The van der Waals surface area contributed by atoms with Crippen molar-refractivity contribution in [1.29, 1.82) is 0 Å². The van der Waals surface area contributed by atoms with Crippen LogP contribution >= 0.6 is 11.3 Å². The van der Waals surface area contributed by atoms with E-state index in [9.17, 15) is 13.2 Å². The molecule has 3 rings (SSSR count). The van der Waals surface area contributed by atoms with Crippen molar-refractivity contribution in [3.63, 3.8) is 0 Å². The topological polar surface area (TPSA) is 97.4 Å². The summed E-state index contributed by atoms with van der Waals surface area (Å²) in [6.07, 6.45) is 2.71. The lowest BCUT2D eigenvalue weighted by atomic mass is 10.0. The molecule has 2 N–H and O–H groups in total. The summed E-state index contributed by atoms with van der Waals surface area (Å²) in [5.41, 5.74) is 2.22. The molecule has 9 heteroatoms. The molecule has 134 valence electrons. The van der Waals surface area contributed by atoms with Crippen LogP contribution in [0.2, 0.25) is 0 Å². The number of rotatable bonds is 6. The van der Waals surface area contributed by atoms with Crippen molar-refractivity contribution in [2.24, 2.45) is 0 Å². The van der Waals surface area contributed by atoms with Crippen molar-refractivity contribution in [3.8, 4) is 5.75 Å². The van der Waals surface area contributed by atoms with Crippen molar-refractivity contribution < 1.29 is 17.9 Å². The number of thiazole rings is 1. The number of carbonyl (C=O) groups is 1. The van der Waals surface area contributed by atoms with E-state index in [0.29, 0.717) is 13.0 Å². The van der Waals surface area contributed by atoms with Gasteiger partial charge < -0.3 is 10.1 Å². The molecule has 0 unspecified atom stereocenters. The Morgan fingerprint density at radius 2 is 2.24 bits per heavy atom. The van der Waals surface area contributed by atoms with Gasteiger partial charge in [0.25, 0.3) is 10.0 Å². The molecule has 1 atom stereocenters. The summed E-state index contributed by atoms with van der Waals surface area (Å²) in [4.78, 5) is 14.9. The lowest BCUT2D eigenvalue weighted by molar-refractivity contribution is -0.114. The van der Waals surface area contributed by atoms with Crippen molar-refractivity contribution in [2.45, 2.75) is 36.9 Å². The zero-order valence-electron chi connectivity index (χ0n) is 13.9. The smallest absolute Gasteiger partial charge is 0.251 e. The number of benzene rings is 1. The van der Waals surface area contributed by atoms with Gasteiger partial charge in [0.15, 0.2) is 9.34 Å². The Morgan fingerprint density at radius 3 is 3.00 bits per heavy atom. The van der Waals surface area contributed by atoms with Crippen LogP contribution in [0.4, 0.5) is 5.13 Å². The van der Waals surface area contributed by atoms with Crippen molar-refractivity contribution in [2.75, 3.05) is 11.9 Å². The number of hydrogen-bond acceptors (Lipinski definition) is 6. The third-order valence-electron chi connectivity index (χ3n) is 3.68. The van der Waals surface area contributed by atoms with Crippen LogP contribution in [0.1, 0.15) is 25.0 Å². The highest BCUT2D eigenvalue weighted by atomic mass is 32.2. The fourth-order valence-electron chi connectivity index (χ4n) is 2.68. The maximum absolute atomic E-state index is 12.4. The van der Waals surface area contributed by atoms with Crippen molar-refractivity contribution in [3.05, 3.63) is 35.5 Å². The maximum atomic E-state index is 12.4. The number of anilines is 1. The molecule has 0 spiro atoms. The van der Waals surface area contributed by atoms with E-state index in [1.54, 1.807) is 0 Å². The summed E-state index contributed by atoms with van der Waals surface area (Å²) in [6, 6.07) is 5.67. The summed E-state index contributed by atoms with van der Waals surface area (Å²) in [5, 5.41) is 2.74. The number of aromatic nitrogens is 1. The molecule has 0 radical (unpaired) electrons. The Balaban J connectivity index is 1.66. The van der Waals surface area contributed by atoms with Gasteiger partial charge in [0.2, 0.25) is 5.91 Å². The van der Waals surface area contributed by atoms with Gasteiger partial charge in [-0.2, -0.15) is 0 Å². The molecule has 2 aromatic rings. The summed E-state index contributed by atoms with van der Waals surface area (Å²) in [7, 11) is -3.68. The van der Waals surface area contributed by atoms with E-state index in [-0.39, 0.29) is 21.3 Å². The first-order valence-corrected chi connectivity index (χ1v) is 10.1. The number of amides is 1. The molecule has 1 aliphatic rings. The number of sulfonamides is 1. The van der Waals surface area contributed by atoms with E-state index in [0.717, 1.165) is 34.6 Å². The minimum absolute atomic E-state index is 0.0745. The fourth-order valence-corrected chi connectivity index (χ4v) is 5.01. The molecule has 0 saturated carbocycles. The van der Waals surface area contributed by atoms with Gasteiger partial charge in [-0.3, -0.25) is 4.79 Å². The normalized spacial score (nSPS) is 14.6. The van der Waals surface area contributed by atoms with Crippen LogP contribution in [-0.2, 0) is 27.7 Å². The number of carbonyl (C=O) groups excluding carboxylic acids is 1. The van der Waals surface area contributed by atoms with Crippen LogP contribution < -0.4 is 14.8 Å². The predicted molar refractivity (Wildman–Crippen MR) is 95.5 cm³/mol. The Bertz CT molecular complexity index is 893. The van der Waals surface area contributed by atoms with E-state index < -0.39 is 10.0 Å². The first-order chi connectivity index (χ1) is 11.8. The third-order valence-corrected chi connectivity index (χ3v) is 6.65. The highest BCUT2D eigenvalue weighted by molar-refractivity contribution is 7.91. The highest BCUT2D eigenvalue weighted by Gasteiger charge is 2.21. The molecule has 25 heavy (non-hydrogen) atoms. The third kappa shape index (κ3) is 4.36. The van der Waals surface area contributed by atoms with Crippen LogP contribution in [0.25, 0.3) is 0 Å². The zero-order chi connectivity index (χ0) is 18.0. The van der Waals surface area contributed by atoms with Crippen molar-refractivity contribution >= 4 is 32.4 Å². The minimum atomic E-state index is -3.68. The van der Waals surface area contributed by atoms with E-state index in [4.69, 9.17) is 4.74 Å². The van der Waals surface area contributed by atoms with Crippen LogP contribution in [0.15, 0.2) is 28.6 Å². The van der Waals surface area contributed by atoms with Gasteiger partial charge in [-0.15, -0.1) is 0 Å². The molecular weight excluding hydrogens is 362 g/mol. The number of ether oxygens (including phenoxy) is 1. The average molecular weight is 381 g/mol. The average Bonchev–Trinajstić information content (AvgIpc) is 3.14. The molecule has 1 amide bonds. The van der Waals surface area contributed by atoms with Gasteiger partial charge in [0.05, 0.1) is 12.8 Å². The molecule has 1 aromatic heterocycles. The standard InChI is InChI=1S/C16H19N3O4S2/c1-10(7-12-3-4-14-13(8-12)5-6-23-14)19-25(21,22)15-9-17-16(24-15)18-11(2)20/h3-4,8-10,19H,5-7H2,1-2H3,(H,17,18,20)/t10-/m0/s1. The zero-order valence-corrected chi connectivity index (χ0v) is 15.5. The lowest BCUT2D eigenvalue weighted by Gasteiger charge is -2.14. The van der Waals surface area contributed by atoms with Gasteiger partial charge in [-0.05, 0) is 30.5 Å². The number of hydrogen-bond donors (Lipinski definition) is 2. The summed E-state index contributed by atoms with van der Waals surface area (Å²) >= 11 is 0.923. The monoisotopic (exact) mass is 381 g/mol. The van der Waals surface area contributed by atoms with Crippen LogP contribution in [0, 0.1) is 0 Å². The summed E-state index contributed by atoms with van der Waals surface area (Å²) in [5.74, 6) is 0.618. The molecule has 0 aliphatic carbocycles. The maximum Gasteiger partial charge on any atom is 0.251 e. The SMILES string of the molecule is CC(=O)Nc1ncc(S(=O)(=O)N[C@@H](C)Cc2ccc3c(c2)CCO3)s1. The Hall–Kier alpha value is -1.97. The second kappa shape index (κ2) is 7.11. The molecule has 0 saturated heterocycles. The largest absolute Gasteiger partial charge is 0.493 e. The molecule has 1 aromatic carbocycles. The number of nitrogens with one attached hydrogen (secondary N) is 2. The van der Waals surface area contributed by atoms with Gasteiger partial charge in [-0.25, -0.2) is 18.1 Å². The Morgan fingerprint density at radius 1 is 1.44 bits per heavy atom. The molecule has 1 aliphatic heterocycles. The fraction of sp³-hybridized carbons (Fsp3) is 0.375. The lowest BCUT2D eigenvalue weighted by Crippen LogP contribution is -2.33. The van der Waals surface area contributed by atoms with Gasteiger partial charge in [0.1, 0.15) is 5.75 Å². The number of fused-ring (bicyclic) bond motifs is 1. The summed E-state index contributed by atoms with van der Waals surface area (Å²) in [6.45, 7) is 3.86. The van der Waals surface area contributed by atoms with Gasteiger partial charge >= 0.3 is 0 Å². The minimum Gasteiger partial charge on any atom is -0.493 e. The second-order valence-corrected chi connectivity index (χ2v) is 8.90. The Kier molecular flexibility index (Phi) is 5.07. The first kappa shape index (κ1) is 17.8. The number of nitrogens with zero attached hydrogens (tertiary/aromatic N) is 1. The highest BCUT2D eigenvalue weighted by Crippen LogP contribution is 2.27. The van der Waals surface area contributed by atoms with Crippen LogP contribution in [0.5, 0.6) is 5.75 Å². The molecule has 2 heterocycles. The van der Waals surface area contributed by atoms with E-state index in [1.165, 1.54) is 13.1 Å². The second-order valence-electron chi connectivity index (χ2n) is 5.93. The van der Waals surface area contributed by atoms with E-state index in [1.807, 2.05) is 19.1 Å². The van der Waals surface area contributed by atoms with E-state index in [2.05, 4.69) is 21.1 Å². The van der Waals surface area contributed by atoms with Gasteiger partial charge in [-0.1, -0.05) is 23.5 Å². The van der Waals surface area contributed by atoms with Crippen LogP contribution in [0.3, 0.4) is 0 Å². The van der Waals surface area contributed by atoms with E-state index >= 15 is 0 Å². The molecule has 0 bridgehead atoms. The Labute approximate surface area is 150 Å².